The molecule has 3 aromatic rings. The quantitative estimate of drug-likeness (QED) is 0.579. The summed E-state index contributed by atoms with van der Waals surface area (Å²) in [7, 11) is 1.60. The second-order valence-electron chi connectivity index (χ2n) is 6.68. The highest BCUT2D eigenvalue weighted by Gasteiger charge is 2.20. The van der Waals surface area contributed by atoms with Gasteiger partial charge < -0.3 is 29.4 Å². The number of carbonyl (C=O) groups is 2. The van der Waals surface area contributed by atoms with Gasteiger partial charge in [-0.15, -0.1) is 0 Å². The molecule has 1 aliphatic heterocycles. The van der Waals surface area contributed by atoms with Gasteiger partial charge in [-0.1, -0.05) is 6.07 Å². The number of anilines is 2. The van der Waals surface area contributed by atoms with Crippen LogP contribution < -0.4 is 15.0 Å². The number of ether oxygens (including phenoxy) is 3. The summed E-state index contributed by atoms with van der Waals surface area (Å²) < 4.78 is 15.8. The van der Waals surface area contributed by atoms with Gasteiger partial charge in [0.25, 0.3) is 11.8 Å². The van der Waals surface area contributed by atoms with Crippen LogP contribution in [-0.2, 0) is 14.3 Å². The molecule has 156 valence electrons. The summed E-state index contributed by atoms with van der Waals surface area (Å²) in [6.45, 7) is 1.95. The van der Waals surface area contributed by atoms with Gasteiger partial charge in [-0.3, -0.25) is 9.59 Å². The molecule has 0 saturated carbocycles. The van der Waals surface area contributed by atoms with Crippen molar-refractivity contribution < 1.29 is 23.8 Å². The monoisotopic (exact) mass is 410 g/mol. The van der Waals surface area contributed by atoms with E-state index in [0.29, 0.717) is 48.8 Å². The van der Waals surface area contributed by atoms with Gasteiger partial charge in [0.15, 0.2) is 5.82 Å². The van der Waals surface area contributed by atoms with Crippen LogP contribution in [0.1, 0.15) is 10.6 Å². The number of fused-ring (bicyclic) bond motifs is 1. The molecule has 30 heavy (non-hydrogen) atoms. The first-order valence-electron chi connectivity index (χ1n) is 9.55. The van der Waals surface area contributed by atoms with Crippen LogP contribution in [0.15, 0.2) is 42.5 Å². The Labute approximate surface area is 172 Å². The van der Waals surface area contributed by atoms with Crippen LogP contribution in [0.5, 0.6) is 5.75 Å². The van der Waals surface area contributed by atoms with E-state index in [1.54, 1.807) is 42.3 Å². The average Bonchev–Trinajstić information content (AvgIpc) is 3.20. The maximum absolute atomic E-state index is 12.6. The van der Waals surface area contributed by atoms with Crippen LogP contribution >= 0.6 is 0 Å². The Morgan fingerprint density at radius 2 is 2.07 bits per heavy atom. The first-order chi connectivity index (χ1) is 14.7. The fraction of sp³-hybridized carbons (Fsp3) is 0.286. The van der Waals surface area contributed by atoms with Gasteiger partial charge in [0.1, 0.15) is 24.5 Å². The summed E-state index contributed by atoms with van der Waals surface area (Å²) in [6, 6.07) is 12.5. The molecule has 2 amide bonds. The minimum absolute atomic E-state index is 0.0798. The zero-order chi connectivity index (χ0) is 20.9. The van der Waals surface area contributed by atoms with Crippen LogP contribution in [0.4, 0.5) is 11.4 Å². The number of rotatable bonds is 7. The lowest BCUT2D eigenvalue weighted by Crippen LogP contribution is -2.41. The summed E-state index contributed by atoms with van der Waals surface area (Å²) in [4.78, 5) is 33.7. The molecule has 0 bridgehead atoms. The number of aromatic nitrogens is 2. The average molecular weight is 410 g/mol. The number of para-hydroxylation sites is 1. The molecule has 0 aliphatic carbocycles. The number of aromatic amines is 1. The third-order valence-electron chi connectivity index (χ3n) is 4.66. The minimum atomic E-state index is -0.371. The topological polar surface area (TPSA) is 106 Å². The van der Waals surface area contributed by atoms with Crippen LogP contribution in [0.25, 0.3) is 11.0 Å². The Hall–Kier alpha value is -3.43. The molecular weight excluding hydrogens is 388 g/mol. The number of amides is 2. The maximum Gasteiger partial charge on any atom is 0.291 e. The Morgan fingerprint density at radius 3 is 2.83 bits per heavy atom. The molecule has 9 heteroatoms. The fourth-order valence-electron chi connectivity index (χ4n) is 3.17. The zero-order valence-electron chi connectivity index (χ0n) is 16.5. The van der Waals surface area contributed by atoms with Gasteiger partial charge in [-0.05, 0) is 36.4 Å². The predicted molar refractivity (Wildman–Crippen MR) is 111 cm³/mol. The zero-order valence-corrected chi connectivity index (χ0v) is 16.5. The van der Waals surface area contributed by atoms with Crippen molar-refractivity contribution in [1.29, 1.82) is 0 Å². The first-order valence-corrected chi connectivity index (χ1v) is 9.55. The van der Waals surface area contributed by atoms with Crippen molar-refractivity contribution in [2.24, 2.45) is 0 Å². The van der Waals surface area contributed by atoms with Crippen molar-refractivity contribution in [3.8, 4) is 5.75 Å². The molecule has 1 fully saturated rings. The molecule has 1 saturated heterocycles. The Kier molecular flexibility index (Phi) is 5.92. The number of hydrogen-bond acceptors (Lipinski definition) is 6. The number of methoxy groups -OCH3 is 1. The predicted octanol–water partition coefficient (Wildman–Crippen LogP) is 2.20. The highest BCUT2D eigenvalue weighted by Crippen LogP contribution is 2.24. The number of carbonyl (C=O) groups excluding carboxylic acids is 2. The van der Waals surface area contributed by atoms with E-state index in [4.69, 9.17) is 14.2 Å². The number of nitrogens with one attached hydrogen (secondary N) is 2. The number of hydrogen-bond donors (Lipinski definition) is 2. The van der Waals surface area contributed by atoms with E-state index in [9.17, 15) is 9.59 Å². The first kappa shape index (κ1) is 19.9. The molecule has 2 N–H and O–H groups in total. The van der Waals surface area contributed by atoms with Crippen molar-refractivity contribution in [2.75, 3.05) is 50.3 Å². The molecule has 1 aliphatic rings. The van der Waals surface area contributed by atoms with Crippen LogP contribution in [-0.4, -0.2) is 61.9 Å². The third-order valence-corrected chi connectivity index (χ3v) is 4.66. The van der Waals surface area contributed by atoms with Crippen molar-refractivity contribution in [3.63, 3.8) is 0 Å². The lowest BCUT2D eigenvalue weighted by atomic mass is 10.2. The summed E-state index contributed by atoms with van der Waals surface area (Å²) in [5, 5.41) is 2.81. The second kappa shape index (κ2) is 8.93. The normalized spacial score (nSPS) is 14.2. The van der Waals surface area contributed by atoms with Crippen molar-refractivity contribution in [3.05, 3.63) is 48.3 Å². The van der Waals surface area contributed by atoms with Gasteiger partial charge in [0.05, 0.1) is 18.7 Å². The molecule has 0 radical (unpaired) electrons. The van der Waals surface area contributed by atoms with Gasteiger partial charge >= 0.3 is 0 Å². The molecule has 2 aromatic carbocycles. The Balaban J connectivity index is 1.46. The fourth-order valence-corrected chi connectivity index (χ4v) is 3.17. The molecule has 0 spiro atoms. The van der Waals surface area contributed by atoms with Crippen molar-refractivity contribution in [1.82, 2.24) is 9.97 Å². The number of nitrogens with zero attached hydrogens (tertiary/aromatic N) is 2. The lowest BCUT2D eigenvalue weighted by molar-refractivity contribution is -0.125. The number of H-pyrrole nitrogens is 1. The van der Waals surface area contributed by atoms with E-state index in [1.807, 2.05) is 12.1 Å². The van der Waals surface area contributed by atoms with Gasteiger partial charge in [-0.2, -0.15) is 0 Å². The summed E-state index contributed by atoms with van der Waals surface area (Å²) in [5.74, 6) is 0.313. The number of morpholine rings is 1. The molecular formula is C21H22N4O5. The van der Waals surface area contributed by atoms with Crippen molar-refractivity contribution in [2.45, 2.75) is 0 Å². The summed E-state index contributed by atoms with van der Waals surface area (Å²) in [5.41, 5.74) is 2.65. The lowest BCUT2D eigenvalue weighted by Gasteiger charge is -2.26. The van der Waals surface area contributed by atoms with E-state index < -0.39 is 0 Å². The van der Waals surface area contributed by atoms with Crippen LogP contribution in [0.3, 0.4) is 0 Å². The van der Waals surface area contributed by atoms with E-state index in [2.05, 4.69) is 15.3 Å². The number of benzene rings is 2. The molecule has 2 heterocycles. The molecule has 0 unspecified atom stereocenters. The van der Waals surface area contributed by atoms with E-state index in [-0.39, 0.29) is 24.2 Å². The third kappa shape index (κ3) is 4.27. The molecule has 1 aromatic heterocycles. The highest BCUT2D eigenvalue weighted by atomic mass is 16.5. The van der Waals surface area contributed by atoms with E-state index in [1.165, 1.54) is 0 Å². The molecule has 9 nitrogen and oxygen atoms in total. The SMILES string of the molecule is COCCOc1cccc2[nH]c(C(=O)Nc3ccc(N4CCOCC4=O)cc3)nc12. The van der Waals surface area contributed by atoms with Crippen molar-refractivity contribution >= 4 is 34.2 Å². The standard InChI is InChI=1S/C21H22N4O5/c1-28-11-12-30-17-4-2-3-16-19(17)24-20(23-16)21(27)22-14-5-7-15(8-6-14)25-9-10-29-13-18(25)26/h2-8H,9-13H2,1H3,(H,22,27)(H,23,24). The van der Waals surface area contributed by atoms with E-state index in [0.717, 1.165) is 5.69 Å². The largest absolute Gasteiger partial charge is 0.489 e. The van der Waals surface area contributed by atoms with Gasteiger partial charge in [0, 0.05) is 25.0 Å². The molecule has 0 atom stereocenters. The smallest absolute Gasteiger partial charge is 0.291 e. The highest BCUT2D eigenvalue weighted by molar-refractivity contribution is 6.04. The minimum Gasteiger partial charge on any atom is -0.489 e. The summed E-state index contributed by atoms with van der Waals surface area (Å²) >= 11 is 0. The second-order valence-corrected chi connectivity index (χ2v) is 6.68. The Morgan fingerprint density at radius 1 is 1.23 bits per heavy atom. The number of imidazole rings is 1. The van der Waals surface area contributed by atoms with Gasteiger partial charge in [0.2, 0.25) is 0 Å². The maximum atomic E-state index is 12.6. The summed E-state index contributed by atoms with van der Waals surface area (Å²) in [6.07, 6.45) is 0. The van der Waals surface area contributed by atoms with Crippen LogP contribution in [0, 0.1) is 0 Å². The van der Waals surface area contributed by atoms with Crippen LogP contribution in [0.2, 0.25) is 0 Å². The Bertz CT molecular complexity index is 1050. The molecule has 4 rings (SSSR count). The van der Waals surface area contributed by atoms with E-state index >= 15 is 0 Å². The van der Waals surface area contributed by atoms with Gasteiger partial charge in [-0.25, -0.2) is 4.98 Å².